The number of carboxylic acid groups (broad SMARTS) is 1. The number of carbonyl (C=O) groups is 1. The lowest BCUT2D eigenvalue weighted by Gasteiger charge is -2.30. The summed E-state index contributed by atoms with van der Waals surface area (Å²) in [5, 5.41) is 8.68. The molecule has 16 heavy (non-hydrogen) atoms. The predicted molar refractivity (Wildman–Crippen MR) is 71.9 cm³/mol. The van der Waals surface area contributed by atoms with Crippen molar-refractivity contribution in [3.63, 3.8) is 0 Å². The Bertz CT molecular complexity index is 294. The molecule has 0 aliphatic heterocycles. The molecule has 0 unspecified atom stereocenters. The molecular weight excluding hydrogens is 338 g/mol. The Hall–Kier alpha value is -0.420. The number of hydrogen-bond donors (Lipinski definition) is 1. The Morgan fingerprint density at radius 2 is 1.56 bits per heavy atom. The molecule has 0 spiro atoms. The van der Waals surface area contributed by atoms with E-state index in [1.807, 2.05) is 39.0 Å². The molecule has 1 N–H and O–H groups in total. The summed E-state index contributed by atoms with van der Waals surface area (Å²) in [7, 11) is 0. The minimum atomic E-state index is -1.02. The van der Waals surface area contributed by atoms with Gasteiger partial charge in [0.2, 0.25) is 0 Å². The van der Waals surface area contributed by atoms with E-state index in [-0.39, 0.29) is 5.41 Å². The van der Waals surface area contributed by atoms with Crippen molar-refractivity contribution in [2.75, 3.05) is 0 Å². The number of aliphatic carboxylic acids is 1. The van der Waals surface area contributed by atoms with Gasteiger partial charge in [-0.05, 0) is 17.5 Å². The molecule has 0 aliphatic carbocycles. The van der Waals surface area contributed by atoms with Gasteiger partial charge in [0.15, 0.2) is 3.23 Å². The van der Waals surface area contributed by atoms with Gasteiger partial charge >= 0.3 is 5.97 Å². The fraction of sp³-hybridized carbons (Fsp3) is 0.455. The molecule has 0 aliphatic rings. The second kappa shape index (κ2) is 6.35. The van der Waals surface area contributed by atoms with Gasteiger partial charge in [-0.3, -0.25) is 4.98 Å². The summed E-state index contributed by atoms with van der Waals surface area (Å²) in [4.78, 5) is 14.4. The summed E-state index contributed by atoms with van der Waals surface area (Å²) in [6.07, 6.45) is 3.50. The summed E-state index contributed by atoms with van der Waals surface area (Å²) in [5.74, 6) is -0.903. The van der Waals surface area contributed by atoms with E-state index in [0.29, 0.717) is 0 Å². The quantitative estimate of drug-likeness (QED) is 0.784. The van der Waals surface area contributed by atoms with Crippen LogP contribution in [0.3, 0.4) is 0 Å². The molecule has 1 heterocycles. The number of halogens is 2. The number of hydrogen-bond acceptors (Lipinski definition) is 2. The van der Waals surface area contributed by atoms with E-state index in [1.165, 1.54) is 0 Å². The fourth-order valence-electron chi connectivity index (χ4n) is 0.633. The lowest BCUT2D eigenvalue weighted by atomic mass is 9.92. The van der Waals surface area contributed by atoms with Crippen molar-refractivity contribution in [1.29, 1.82) is 0 Å². The number of aromatic nitrogens is 1. The molecule has 1 rings (SSSR count). The number of rotatable bonds is 1. The lowest BCUT2D eigenvalue weighted by Crippen LogP contribution is -2.38. The van der Waals surface area contributed by atoms with Gasteiger partial charge in [0, 0.05) is 12.4 Å². The van der Waals surface area contributed by atoms with Crippen LogP contribution in [0, 0.1) is 5.41 Å². The highest BCUT2D eigenvalue weighted by Gasteiger charge is 2.44. The first-order chi connectivity index (χ1) is 7.19. The maximum atomic E-state index is 10.6. The Kier molecular flexibility index (Phi) is 6.18. The number of carboxylic acids is 1. The summed E-state index contributed by atoms with van der Waals surface area (Å²) in [6, 6.07) is 5.72. The second-order valence-corrected chi connectivity index (χ2v) is 7.60. The first-order valence-electron chi connectivity index (χ1n) is 4.66. The van der Waals surface area contributed by atoms with Gasteiger partial charge in [-0.2, -0.15) is 0 Å². The molecule has 0 atom stereocenters. The van der Waals surface area contributed by atoms with E-state index in [9.17, 15) is 4.79 Å². The highest BCUT2D eigenvalue weighted by molar-refractivity contribution is 9.26. The molecule has 0 aromatic carbocycles. The van der Waals surface area contributed by atoms with Crippen LogP contribution in [0.15, 0.2) is 30.6 Å². The molecule has 5 heteroatoms. The van der Waals surface area contributed by atoms with E-state index in [4.69, 9.17) is 5.11 Å². The van der Waals surface area contributed by atoms with Crippen LogP contribution >= 0.6 is 31.9 Å². The zero-order valence-corrected chi connectivity index (χ0v) is 12.6. The van der Waals surface area contributed by atoms with Crippen molar-refractivity contribution in [1.82, 2.24) is 4.98 Å². The Balaban J connectivity index is 0.000000315. The molecule has 3 nitrogen and oxygen atoms in total. The van der Waals surface area contributed by atoms with Gasteiger partial charge < -0.3 is 5.11 Å². The van der Waals surface area contributed by atoms with Gasteiger partial charge in [-0.25, -0.2) is 4.79 Å². The average molecular weight is 353 g/mol. The number of pyridine rings is 1. The average Bonchev–Trinajstić information content (AvgIpc) is 2.19. The van der Waals surface area contributed by atoms with Crippen molar-refractivity contribution in [2.45, 2.75) is 24.0 Å². The molecular formula is C11H15Br2NO2. The van der Waals surface area contributed by atoms with Gasteiger partial charge in [0.05, 0.1) is 0 Å². The molecule has 0 fully saturated rings. The van der Waals surface area contributed by atoms with Gasteiger partial charge in [0.1, 0.15) is 0 Å². The SMILES string of the molecule is CC(C)(C)C(Br)(Br)C(=O)O.c1ccncc1. The Labute approximate surface area is 113 Å². The topological polar surface area (TPSA) is 50.2 Å². The summed E-state index contributed by atoms with van der Waals surface area (Å²) in [5.41, 5.74) is -0.348. The molecule has 0 bridgehead atoms. The maximum Gasteiger partial charge on any atom is 0.331 e. The molecule has 0 amide bonds. The summed E-state index contributed by atoms with van der Waals surface area (Å²) < 4.78 is -1.02. The van der Waals surface area contributed by atoms with E-state index in [1.54, 1.807) is 12.4 Å². The first-order valence-corrected chi connectivity index (χ1v) is 6.24. The third-order valence-corrected chi connectivity index (χ3v) is 4.83. The molecule has 0 radical (unpaired) electrons. The standard InChI is InChI=1S/C6H10Br2O2.C5H5N/c1-5(2,3)6(7,8)4(9)10;1-2-4-6-5-3-1/h1-3H3,(H,9,10);1-5H. The van der Waals surface area contributed by atoms with Crippen molar-refractivity contribution < 1.29 is 9.90 Å². The third kappa shape index (κ3) is 5.07. The molecule has 0 saturated heterocycles. The van der Waals surface area contributed by atoms with Crippen LogP contribution < -0.4 is 0 Å². The van der Waals surface area contributed by atoms with Crippen LogP contribution in [0.5, 0.6) is 0 Å². The van der Waals surface area contributed by atoms with Crippen molar-refractivity contribution >= 4 is 37.8 Å². The third-order valence-electron chi connectivity index (χ3n) is 1.78. The van der Waals surface area contributed by atoms with Crippen LogP contribution in [-0.4, -0.2) is 19.3 Å². The van der Waals surface area contributed by atoms with Crippen molar-refractivity contribution in [3.05, 3.63) is 30.6 Å². The Morgan fingerprint density at radius 1 is 1.12 bits per heavy atom. The van der Waals surface area contributed by atoms with E-state index in [0.717, 1.165) is 0 Å². The molecule has 1 aromatic rings. The second-order valence-electron chi connectivity index (χ2n) is 4.15. The van der Waals surface area contributed by atoms with E-state index >= 15 is 0 Å². The smallest absolute Gasteiger partial charge is 0.331 e. The van der Waals surface area contributed by atoms with Crippen LogP contribution in [-0.2, 0) is 4.79 Å². The van der Waals surface area contributed by atoms with Crippen LogP contribution in [0.4, 0.5) is 0 Å². The lowest BCUT2D eigenvalue weighted by molar-refractivity contribution is -0.138. The minimum Gasteiger partial charge on any atom is -0.480 e. The highest BCUT2D eigenvalue weighted by atomic mass is 79.9. The summed E-state index contributed by atoms with van der Waals surface area (Å²) in [6.45, 7) is 5.51. The number of alkyl halides is 2. The Morgan fingerprint density at radius 3 is 1.62 bits per heavy atom. The summed E-state index contributed by atoms with van der Waals surface area (Å²) >= 11 is 6.17. The number of nitrogens with zero attached hydrogens (tertiary/aromatic N) is 1. The maximum absolute atomic E-state index is 10.6. The first kappa shape index (κ1) is 15.6. The van der Waals surface area contributed by atoms with Gasteiger partial charge in [-0.1, -0.05) is 58.7 Å². The fourth-order valence-corrected chi connectivity index (χ4v) is 0.633. The van der Waals surface area contributed by atoms with Crippen LogP contribution in [0.2, 0.25) is 0 Å². The van der Waals surface area contributed by atoms with Gasteiger partial charge in [0.25, 0.3) is 0 Å². The van der Waals surface area contributed by atoms with E-state index < -0.39 is 9.20 Å². The molecule has 1 aromatic heterocycles. The van der Waals surface area contributed by atoms with Crippen LogP contribution in [0.1, 0.15) is 20.8 Å². The minimum absolute atomic E-state index is 0.348. The molecule has 0 saturated carbocycles. The zero-order valence-electron chi connectivity index (χ0n) is 9.45. The highest BCUT2D eigenvalue weighted by Crippen LogP contribution is 2.43. The zero-order chi connectivity index (χ0) is 12.8. The monoisotopic (exact) mass is 351 g/mol. The van der Waals surface area contributed by atoms with Gasteiger partial charge in [-0.15, -0.1) is 0 Å². The largest absolute Gasteiger partial charge is 0.480 e. The normalized spacial score (nSPS) is 11.3. The van der Waals surface area contributed by atoms with Crippen LogP contribution in [0.25, 0.3) is 0 Å². The van der Waals surface area contributed by atoms with Crippen molar-refractivity contribution in [2.24, 2.45) is 5.41 Å². The van der Waals surface area contributed by atoms with Crippen molar-refractivity contribution in [3.8, 4) is 0 Å². The molecule has 90 valence electrons. The van der Waals surface area contributed by atoms with E-state index in [2.05, 4.69) is 36.8 Å². The predicted octanol–water partition coefficient (Wildman–Crippen LogP) is 3.68.